The van der Waals surface area contributed by atoms with Crippen LogP contribution in [-0.4, -0.2) is 15.3 Å². The maximum Gasteiger partial charge on any atom is 0.246 e. The van der Waals surface area contributed by atoms with Crippen LogP contribution in [0, 0.1) is 0 Å². The molecule has 0 aliphatic heterocycles. The molecule has 0 spiro atoms. The number of carbonyl (C=O) groups excluding carboxylic acids is 1. The molecule has 2 aromatic rings. The molecule has 2 aromatic carbocycles. The number of rotatable bonds is 5. The molecule has 6 heteroatoms. The van der Waals surface area contributed by atoms with Gasteiger partial charge in [0.1, 0.15) is 5.75 Å². The van der Waals surface area contributed by atoms with Crippen molar-refractivity contribution in [1.29, 1.82) is 0 Å². The van der Waals surface area contributed by atoms with Crippen LogP contribution in [0.2, 0.25) is 10.0 Å². The summed E-state index contributed by atoms with van der Waals surface area (Å²) in [4.78, 5) is 11.9. The van der Waals surface area contributed by atoms with Crippen LogP contribution in [0.4, 0.5) is 4.79 Å². The van der Waals surface area contributed by atoms with Gasteiger partial charge in [-0.15, -0.1) is 0 Å². The molecule has 0 bridgehead atoms. The number of aromatic hydroxyl groups is 1. The second-order valence-corrected chi connectivity index (χ2v) is 7.66. The first-order valence-corrected chi connectivity index (χ1v) is 9.28. The van der Waals surface area contributed by atoms with Crippen LogP contribution >= 0.6 is 46.7 Å². The Balaban J connectivity index is 1.72. The Morgan fingerprint density at radius 3 is 2.45 bits per heavy atom. The van der Waals surface area contributed by atoms with E-state index in [4.69, 9.17) is 23.2 Å². The van der Waals surface area contributed by atoms with Gasteiger partial charge in [0.05, 0.1) is 0 Å². The van der Waals surface area contributed by atoms with Crippen LogP contribution in [0.25, 0.3) is 0 Å². The van der Waals surface area contributed by atoms with Crippen molar-refractivity contribution in [2.24, 2.45) is 0 Å². The number of carbonyl (C=O) groups is 1. The molecule has 0 radical (unpaired) electrons. The van der Waals surface area contributed by atoms with E-state index < -0.39 is 0 Å². The predicted molar refractivity (Wildman–Crippen MR) is 97.4 cm³/mol. The van der Waals surface area contributed by atoms with Gasteiger partial charge >= 0.3 is 0 Å². The quantitative estimate of drug-likeness (QED) is 0.695. The van der Waals surface area contributed by atoms with E-state index in [1.165, 1.54) is 23.5 Å². The fraction of sp³-hybridized carbons (Fsp3) is 0.188. The third kappa shape index (κ3) is 5.76. The molecule has 0 atom stereocenters. The molecule has 1 N–H and O–H groups in total. The SMILES string of the molecule is O=C(SCCc1ccc(O)cc1)SCc1ccc(Cl)cc1Cl. The molecule has 0 heterocycles. The van der Waals surface area contributed by atoms with Crippen molar-refractivity contribution >= 4 is 51.2 Å². The van der Waals surface area contributed by atoms with Crippen LogP contribution in [0.3, 0.4) is 0 Å². The zero-order valence-electron chi connectivity index (χ0n) is 11.6. The van der Waals surface area contributed by atoms with Gasteiger partial charge in [-0.25, -0.2) is 0 Å². The first-order valence-electron chi connectivity index (χ1n) is 6.56. The van der Waals surface area contributed by atoms with Crippen molar-refractivity contribution in [3.63, 3.8) is 0 Å². The van der Waals surface area contributed by atoms with E-state index >= 15 is 0 Å². The third-order valence-electron chi connectivity index (χ3n) is 2.91. The fourth-order valence-corrected chi connectivity index (χ4v) is 4.08. The first kappa shape index (κ1) is 17.5. The molecule has 0 saturated carbocycles. The Morgan fingerprint density at radius 1 is 1.05 bits per heavy atom. The van der Waals surface area contributed by atoms with Gasteiger partial charge in [0.25, 0.3) is 0 Å². The van der Waals surface area contributed by atoms with E-state index in [1.807, 2.05) is 18.2 Å². The summed E-state index contributed by atoms with van der Waals surface area (Å²) < 4.78 is 0.0739. The molecule has 22 heavy (non-hydrogen) atoms. The smallest absolute Gasteiger partial charge is 0.246 e. The number of phenolic OH excluding ortho intramolecular Hbond substituents is 1. The van der Waals surface area contributed by atoms with Crippen molar-refractivity contribution < 1.29 is 9.90 Å². The molecule has 0 aromatic heterocycles. The van der Waals surface area contributed by atoms with Gasteiger partial charge in [-0.2, -0.15) is 0 Å². The lowest BCUT2D eigenvalue weighted by Gasteiger charge is -2.04. The van der Waals surface area contributed by atoms with Crippen molar-refractivity contribution in [3.05, 3.63) is 63.6 Å². The van der Waals surface area contributed by atoms with Crippen molar-refractivity contribution in [2.45, 2.75) is 12.2 Å². The van der Waals surface area contributed by atoms with Crippen molar-refractivity contribution in [1.82, 2.24) is 0 Å². The number of halogens is 2. The third-order valence-corrected chi connectivity index (χ3v) is 5.54. The Kier molecular flexibility index (Phi) is 6.96. The lowest BCUT2D eigenvalue weighted by molar-refractivity contribution is 0.276. The summed E-state index contributed by atoms with van der Waals surface area (Å²) in [6, 6.07) is 12.3. The van der Waals surface area contributed by atoms with Gasteiger partial charge < -0.3 is 5.11 Å². The molecular weight excluding hydrogens is 359 g/mol. The highest BCUT2D eigenvalue weighted by Gasteiger charge is 2.07. The predicted octanol–water partition coefficient (Wildman–Crippen LogP) is 6.03. The standard InChI is InChI=1S/C16H14Cl2O2S2/c17-13-4-3-12(15(18)9-13)10-22-16(20)21-8-7-11-1-5-14(19)6-2-11/h1-6,9,19H,7-8,10H2. The largest absolute Gasteiger partial charge is 0.508 e. The van der Waals surface area contributed by atoms with Crippen LogP contribution in [-0.2, 0) is 12.2 Å². The van der Waals surface area contributed by atoms with E-state index in [2.05, 4.69) is 0 Å². The first-order chi connectivity index (χ1) is 10.5. The minimum atomic E-state index is 0.0739. The number of benzene rings is 2. The van der Waals surface area contributed by atoms with Gasteiger partial charge in [0.2, 0.25) is 4.45 Å². The van der Waals surface area contributed by atoms with Gasteiger partial charge in [0.15, 0.2) is 0 Å². The number of aryl methyl sites for hydroxylation is 1. The van der Waals surface area contributed by atoms with E-state index in [1.54, 1.807) is 24.3 Å². The molecule has 0 unspecified atom stereocenters. The molecule has 0 aliphatic rings. The van der Waals surface area contributed by atoms with Gasteiger partial charge in [-0.05, 0) is 41.8 Å². The van der Waals surface area contributed by atoms with Gasteiger partial charge in [0, 0.05) is 21.6 Å². The molecule has 2 rings (SSSR count). The molecule has 0 amide bonds. The molecule has 2 nitrogen and oxygen atoms in total. The minimum absolute atomic E-state index is 0.0739. The Labute approximate surface area is 148 Å². The number of phenols is 1. The van der Waals surface area contributed by atoms with Crippen LogP contribution < -0.4 is 0 Å². The van der Waals surface area contributed by atoms with E-state index in [9.17, 15) is 9.90 Å². The summed E-state index contributed by atoms with van der Waals surface area (Å²) in [6.45, 7) is 0. The topological polar surface area (TPSA) is 37.3 Å². The molecule has 0 saturated heterocycles. The summed E-state index contributed by atoms with van der Waals surface area (Å²) in [5, 5.41) is 10.4. The highest BCUT2D eigenvalue weighted by atomic mass is 35.5. The summed E-state index contributed by atoms with van der Waals surface area (Å²) in [7, 11) is 0. The average molecular weight is 373 g/mol. The highest BCUT2D eigenvalue weighted by molar-refractivity contribution is 8.38. The van der Waals surface area contributed by atoms with E-state index in [0.717, 1.165) is 17.5 Å². The van der Waals surface area contributed by atoms with Crippen LogP contribution in [0.1, 0.15) is 11.1 Å². The normalized spacial score (nSPS) is 10.6. The maximum absolute atomic E-state index is 11.9. The van der Waals surface area contributed by atoms with Crippen molar-refractivity contribution in [2.75, 3.05) is 5.75 Å². The van der Waals surface area contributed by atoms with Gasteiger partial charge in [-0.3, -0.25) is 4.79 Å². The Hall–Kier alpha value is -0.810. The second kappa shape index (κ2) is 8.73. The molecule has 0 aliphatic carbocycles. The highest BCUT2D eigenvalue weighted by Crippen LogP contribution is 2.27. The van der Waals surface area contributed by atoms with Gasteiger partial charge in [-0.1, -0.05) is 64.9 Å². The molecule has 116 valence electrons. The summed E-state index contributed by atoms with van der Waals surface area (Å²) in [6.07, 6.45) is 0.791. The monoisotopic (exact) mass is 372 g/mol. The van der Waals surface area contributed by atoms with Crippen molar-refractivity contribution in [3.8, 4) is 5.75 Å². The minimum Gasteiger partial charge on any atom is -0.508 e. The lowest BCUT2D eigenvalue weighted by Crippen LogP contribution is -1.92. The Bertz CT molecular complexity index is 645. The number of thioether (sulfide) groups is 2. The molecule has 0 fully saturated rings. The lowest BCUT2D eigenvalue weighted by atomic mass is 10.2. The number of hydrogen-bond acceptors (Lipinski definition) is 4. The van der Waals surface area contributed by atoms with E-state index in [-0.39, 0.29) is 10.2 Å². The van der Waals surface area contributed by atoms with Crippen LogP contribution in [0.15, 0.2) is 42.5 Å². The van der Waals surface area contributed by atoms with Crippen LogP contribution in [0.5, 0.6) is 5.75 Å². The summed E-state index contributed by atoms with van der Waals surface area (Å²) in [5.41, 5.74) is 2.01. The zero-order valence-corrected chi connectivity index (χ0v) is 14.7. The second-order valence-electron chi connectivity index (χ2n) is 4.54. The van der Waals surface area contributed by atoms with E-state index in [0.29, 0.717) is 21.6 Å². The zero-order chi connectivity index (χ0) is 15.9. The number of hydrogen-bond donors (Lipinski definition) is 1. The summed E-state index contributed by atoms with van der Waals surface area (Å²) in [5.74, 6) is 1.51. The Morgan fingerprint density at radius 2 is 1.77 bits per heavy atom. The fourth-order valence-electron chi connectivity index (χ4n) is 1.73. The average Bonchev–Trinajstić information content (AvgIpc) is 2.48. The molecular formula is C16H14Cl2O2S2. The maximum atomic E-state index is 11.9. The summed E-state index contributed by atoms with van der Waals surface area (Å²) >= 11 is 14.5.